The zero-order valence-electron chi connectivity index (χ0n) is 23.2. The Balaban J connectivity index is 1.17. The van der Waals surface area contributed by atoms with Gasteiger partial charge in [0.1, 0.15) is 0 Å². The van der Waals surface area contributed by atoms with Gasteiger partial charge in [-0.15, -0.1) is 0 Å². The SMILES string of the molecule is CC(C)CN(CCCN1CCN(CCCN2c3ccccc3C=C3CCCCC32)CC1)CC(C)C. The molecule has 3 aliphatic rings. The number of para-hydroxylation sites is 1. The third-order valence-corrected chi connectivity index (χ3v) is 8.12. The predicted molar refractivity (Wildman–Crippen MR) is 152 cm³/mol. The second-order valence-corrected chi connectivity index (χ2v) is 12.2. The molecular formula is C31H52N4. The fraction of sp³-hybridized carbons (Fsp3) is 0.742. The van der Waals surface area contributed by atoms with Crippen LogP contribution in [-0.4, -0.2) is 86.2 Å². The molecule has 0 radical (unpaired) electrons. The number of hydrogen-bond donors (Lipinski definition) is 0. The van der Waals surface area contributed by atoms with Gasteiger partial charge in [-0.3, -0.25) is 0 Å². The van der Waals surface area contributed by atoms with Crippen molar-refractivity contribution in [3.05, 3.63) is 35.4 Å². The van der Waals surface area contributed by atoms with Crippen LogP contribution in [0.15, 0.2) is 29.8 Å². The fourth-order valence-electron chi connectivity index (χ4n) is 6.57. The second kappa shape index (κ2) is 13.3. The van der Waals surface area contributed by atoms with Crippen molar-refractivity contribution < 1.29 is 0 Å². The number of rotatable bonds is 12. The fourth-order valence-corrected chi connectivity index (χ4v) is 6.57. The van der Waals surface area contributed by atoms with Gasteiger partial charge in [0, 0.05) is 51.5 Å². The maximum atomic E-state index is 2.75. The minimum Gasteiger partial charge on any atom is -0.364 e. The van der Waals surface area contributed by atoms with Crippen molar-refractivity contribution in [2.45, 2.75) is 72.3 Å². The van der Waals surface area contributed by atoms with E-state index in [0.29, 0.717) is 6.04 Å². The third-order valence-electron chi connectivity index (χ3n) is 8.12. The molecule has 1 saturated heterocycles. The Labute approximate surface area is 216 Å². The van der Waals surface area contributed by atoms with Crippen molar-refractivity contribution in [3.8, 4) is 0 Å². The number of piperazine rings is 1. The molecule has 4 heteroatoms. The van der Waals surface area contributed by atoms with E-state index in [-0.39, 0.29) is 0 Å². The first-order valence-electron chi connectivity index (χ1n) is 14.7. The monoisotopic (exact) mass is 480 g/mol. The molecule has 1 atom stereocenters. The van der Waals surface area contributed by atoms with E-state index in [0.717, 1.165) is 11.8 Å². The Bertz CT molecular complexity index is 783. The molecule has 0 aromatic heterocycles. The van der Waals surface area contributed by atoms with E-state index < -0.39 is 0 Å². The van der Waals surface area contributed by atoms with E-state index in [4.69, 9.17) is 0 Å². The average molecular weight is 481 g/mol. The highest BCUT2D eigenvalue weighted by atomic mass is 15.3. The lowest BCUT2D eigenvalue weighted by Crippen LogP contribution is -2.48. The normalized spacial score (nSPS) is 21.5. The van der Waals surface area contributed by atoms with Crippen molar-refractivity contribution in [1.82, 2.24) is 14.7 Å². The van der Waals surface area contributed by atoms with Crippen LogP contribution in [0.2, 0.25) is 0 Å². The summed E-state index contributed by atoms with van der Waals surface area (Å²) in [7, 11) is 0. The lowest BCUT2D eigenvalue weighted by molar-refractivity contribution is 0.123. The standard InChI is InChI=1S/C31H52N4/c1-26(2)24-34(25-27(3)4)17-9-15-32-19-21-33(22-20-32)16-10-18-35-30-13-7-5-11-28(30)23-29-12-6-8-14-31(29)35/h5,7,11,13,23,26-27,31H,6,8-10,12,14-22,24-25H2,1-4H3. The van der Waals surface area contributed by atoms with Gasteiger partial charge < -0.3 is 19.6 Å². The van der Waals surface area contributed by atoms with E-state index in [1.54, 1.807) is 5.57 Å². The first-order chi connectivity index (χ1) is 17.0. The van der Waals surface area contributed by atoms with Gasteiger partial charge in [0.2, 0.25) is 0 Å². The van der Waals surface area contributed by atoms with Crippen LogP contribution in [-0.2, 0) is 0 Å². The summed E-state index contributed by atoms with van der Waals surface area (Å²) in [4.78, 5) is 10.9. The maximum Gasteiger partial charge on any atom is 0.0505 e. The van der Waals surface area contributed by atoms with Crippen LogP contribution in [0.3, 0.4) is 0 Å². The molecule has 35 heavy (non-hydrogen) atoms. The molecule has 1 saturated carbocycles. The molecule has 4 rings (SSSR count). The van der Waals surface area contributed by atoms with Gasteiger partial charge >= 0.3 is 0 Å². The zero-order chi connectivity index (χ0) is 24.6. The van der Waals surface area contributed by atoms with Crippen molar-refractivity contribution in [1.29, 1.82) is 0 Å². The van der Waals surface area contributed by atoms with E-state index in [9.17, 15) is 0 Å². The van der Waals surface area contributed by atoms with Crippen LogP contribution in [0, 0.1) is 11.8 Å². The lowest BCUT2D eigenvalue weighted by Gasteiger charge is -2.42. The summed E-state index contributed by atoms with van der Waals surface area (Å²) in [6.07, 6.45) is 10.5. The van der Waals surface area contributed by atoms with Gasteiger partial charge in [0.05, 0.1) is 6.04 Å². The summed E-state index contributed by atoms with van der Waals surface area (Å²) in [6.45, 7) is 21.8. The average Bonchev–Trinajstić information content (AvgIpc) is 2.84. The van der Waals surface area contributed by atoms with E-state index in [1.807, 2.05) is 0 Å². The molecule has 2 heterocycles. The van der Waals surface area contributed by atoms with Crippen molar-refractivity contribution in [3.63, 3.8) is 0 Å². The molecule has 2 aliphatic heterocycles. The summed E-state index contributed by atoms with van der Waals surface area (Å²) in [5, 5.41) is 0. The first-order valence-corrected chi connectivity index (χ1v) is 14.7. The molecule has 0 amide bonds. The number of fused-ring (bicyclic) bond motifs is 2. The molecule has 1 aliphatic carbocycles. The Morgan fingerprint density at radius 1 is 0.829 bits per heavy atom. The molecule has 2 fully saturated rings. The highest BCUT2D eigenvalue weighted by molar-refractivity contribution is 5.74. The van der Waals surface area contributed by atoms with Crippen LogP contribution < -0.4 is 4.90 Å². The minimum absolute atomic E-state index is 0.654. The number of hydrogen-bond acceptors (Lipinski definition) is 4. The summed E-state index contributed by atoms with van der Waals surface area (Å²) in [6, 6.07) is 9.73. The summed E-state index contributed by atoms with van der Waals surface area (Å²) in [5.74, 6) is 1.52. The minimum atomic E-state index is 0.654. The molecule has 1 unspecified atom stereocenters. The summed E-state index contributed by atoms with van der Waals surface area (Å²) in [5.41, 5.74) is 4.59. The quantitative estimate of drug-likeness (QED) is 0.372. The van der Waals surface area contributed by atoms with Gasteiger partial charge in [-0.2, -0.15) is 0 Å². The molecule has 196 valence electrons. The zero-order valence-corrected chi connectivity index (χ0v) is 23.2. The first kappa shape index (κ1) is 26.7. The molecule has 1 aromatic carbocycles. The highest BCUT2D eigenvalue weighted by Crippen LogP contribution is 2.39. The van der Waals surface area contributed by atoms with Gasteiger partial charge in [-0.1, -0.05) is 58.4 Å². The highest BCUT2D eigenvalue weighted by Gasteiger charge is 2.30. The van der Waals surface area contributed by atoms with Crippen LogP contribution >= 0.6 is 0 Å². The van der Waals surface area contributed by atoms with Crippen molar-refractivity contribution in [2.24, 2.45) is 11.8 Å². The maximum absolute atomic E-state index is 2.75. The molecule has 0 N–H and O–H groups in total. The van der Waals surface area contributed by atoms with E-state index in [2.05, 4.69) is 77.6 Å². The Morgan fingerprint density at radius 2 is 1.49 bits per heavy atom. The third kappa shape index (κ3) is 7.81. The van der Waals surface area contributed by atoms with Gasteiger partial charge in [-0.05, 0) is 80.8 Å². The summed E-state index contributed by atoms with van der Waals surface area (Å²) < 4.78 is 0. The number of nitrogens with zero attached hydrogens (tertiary/aromatic N) is 4. The van der Waals surface area contributed by atoms with Gasteiger partial charge in [0.25, 0.3) is 0 Å². The van der Waals surface area contributed by atoms with Crippen molar-refractivity contribution in [2.75, 3.05) is 70.3 Å². The van der Waals surface area contributed by atoms with E-state index >= 15 is 0 Å². The van der Waals surface area contributed by atoms with Crippen LogP contribution in [0.4, 0.5) is 5.69 Å². The Hall–Kier alpha value is -1.36. The van der Waals surface area contributed by atoms with E-state index in [1.165, 1.54) is 115 Å². The largest absolute Gasteiger partial charge is 0.364 e. The Kier molecular flexibility index (Phi) is 10.1. The number of benzene rings is 1. The topological polar surface area (TPSA) is 13.0 Å². The summed E-state index contributed by atoms with van der Waals surface area (Å²) >= 11 is 0. The van der Waals surface area contributed by atoms with Crippen LogP contribution in [0.1, 0.15) is 71.8 Å². The van der Waals surface area contributed by atoms with Gasteiger partial charge in [0.15, 0.2) is 0 Å². The van der Waals surface area contributed by atoms with Gasteiger partial charge in [-0.25, -0.2) is 0 Å². The van der Waals surface area contributed by atoms with Crippen LogP contribution in [0.5, 0.6) is 0 Å². The molecule has 0 bridgehead atoms. The smallest absolute Gasteiger partial charge is 0.0505 e. The number of anilines is 1. The molecule has 4 nitrogen and oxygen atoms in total. The van der Waals surface area contributed by atoms with Crippen LogP contribution in [0.25, 0.3) is 6.08 Å². The molecular weight excluding hydrogens is 428 g/mol. The predicted octanol–water partition coefficient (Wildman–Crippen LogP) is 5.84. The lowest BCUT2D eigenvalue weighted by atomic mass is 9.84. The molecule has 0 spiro atoms. The second-order valence-electron chi connectivity index (χ2n) is 12.2. The molecule has 1 aromatic rings. The Morgan fingerprint density at radius 3 is 2.17 bits per heavy atom. The van der Waals surface area contributed by atoms with Crippen molar-refractivity contribution >= 4 is 11.8 Å².